The van der Waals surface area contributed by atoms with Crippen LogP contribution in [0.3, 0.4) is 0 Å². The van der Waals surface area contributed by atoms with Crippen molar-refractivity contribution >= 4 is 22.9 Å². The van der Waals surface area contributed by atoms with Crippen LogP contribution in [0.15, 0.2) is 59.6 Å². The second kappa shape index (κ2) is 19.6. The highest BCUT2D eigenvalue weighted by atomic mass is 79.9. The highest BCUT2D eigenvalue weighted by Crippen LogP contribution is 2.30. The first-order valence-corrected chi connectivity index (χ1v) is 15.3. The molecule has 0 saturated carbocycles. The van der Waals surface area contributed by atoms with Crippen molar-refractivity contribution in [2.45, 2.75) is 90.5 Å². The summed E-state index contributed by atoms with van der Waals surface area (Å²) >= 11 is 1.63. The van der Waals surface area contributed by atoms with E-state index in [0.29, 0.717) is 35.9 Å². The maximum Gasteiger partial charge on any atom is 0.256 e. The summed E-state index contributed by atoms with van der Waals surface area (Å²) in [6, 6.07) is 13.3. The molecular formula is C32H45BrN2O3S. The van der Waals surface area contributed by atoms with Gasteiger partial charge < -0.3 is 31.8 Å². The van der Waals surface area contributed by atoms with Gasteiger partial charge in [-0.3, -0.25) is 4.79 Å². The number of nitrogens with zero attached hydrogens (tertiary/aromatic N) is 1. The zero-order valence-corrected chi connectivity index (χ0v) is 26.0. The summed E-state index contributed by atoms with van der Waals surface area (Å²) in [6.45, 7) is 3.55. The van der Waals surface area contributed by atoms with Crippen LogP contribution in [0.5, 0.6) is 11.5 Å². The third-order valence-corrected chi connectivity index (χ3v) is 7.51. The van der Waals surface area contributed by atoms with Gasteiger partial charge in [0.2, 0.25) is 5.51 Å². The molecule has 5 nitrogen and oxygen atoms in total. The molecular weight excluding hydrogens is 572 g/mol. The van der Waals surface area contributed by atoms with Crippen molar-refractivity contribution in [1.82, 2.24) is 0 Å². The number of halogens is 1. The van der Waals surface area contributed by atoms with E-state index in [0.717, 1.165) is 18.4 Å². The molecule has 214 valence electrons. The zero-order chi connectivity index (χ0) is 26.8. The van der Waals surface area contributed by atoms with Crippen LogP contribution in [0.1, 0.15) is 99.9 Å². The number of thiazole rings is 1. The Kier molecular flexibility index (Phi) is 16.5. The molecule has 0 atom stereocenters. The molecule has 1 amide bonds. The molecule has 0 unspecified atom stereocenters. The summed E-state index contributed by atoms with van der Waals surface area (Å²) in [5.74, 6) is 1.21. The monoisotopic (exact) mass is 616 g/mol. The van der Waals surface area contributed by atoms with Crippen molar-refractivity contribution in [3.8, 4) is 11.5 Å². The highest BCUT2D eigenvalue weighted by molar-refractivity contribution is 7.07. The molecule has 0 bridgehead atoms. The Morgan fingerprint density at radius 2 is 1.56 bits per heavy atom. The maximum atomic E-state index is 13.3. The lowest BCUT2D eigenvalue weighted by molar-refractivity contribution is -0.683. The van der Waals surface area contributed by atoms with Crippen molar-refractivity contribution in [2.24, 2.45) is 0 Å². The van der Waals surface area contributed by atoms with Crippen LogP contribution in [0.25, 0.3) is 0 Å². The number of aromatic nitrogens is 1. The molecule has 39 heavy (non-hydrogen) atoms. The highest BCUT2D eigenvalue weighted by Gasteiger charge is 2.17. The molecule has 1 aromatic heterocycles. The number of nitrogens with one attached hydrogen (secondary N) is 1. The van der Waals surface area contributed by atoms with Gasteiger partial charge >= 0.3 is 0 Å². The summed E-state index contributed by atoms with van der Waals surface area (Å²) in [6.07, 6.45) is 17.7. The van der Waals surface area contributed by atoms with Gasteiger partial charge in [0.25, 0.3) is 5.91 Å². The lowest BCUT2D eigenvalue weighted by Gasteiger charge is -2.15. The molecule has 0 spiro atoms. The van der Waals surface area contributed by atoms with E-state index in [1.165, 1.54) is 64.2 Å². The number of unbranched alkanes of at least 4 members (excludes halogenated alkanes) is 11. The van der Waals surface area contributed by atoms with Gasteiger partial charge in [-0.1, -0.05) is 107 Å². The molecule has 0 saturated heterocycles. The molecule has 1 N–H and O–H groups in total. The lowest BCUT2D eigenvalue weighted by Crippen LogP contribution is -3.00. The van der Waals surface area contributed by atoms with Gasteiger partial charge in [-0.05, 0) is 24.6 Å². The van der Waals surface area contributed by atoms with Crippen molar-refractivity contribution in [3.05, 3.63) is 70.7 Å². The van der Waals surface area contributed by atoms with E-state index in [2.05, 4.69) is 16.8 Å². The number of methoxy groups -OCH3 is 1. The van der Waals surface area contributed by atoms with E-state index < -0.39 is 0 Å². The summed E-state index contributed by atoms with van der Waals surface area (Å²) in [7, 11) is 1.64. The number of carbonyl (C=O) groups is 1. The number of ether oxygens (including phenoxy) is 2. The normalized spacial score (nSPS) is 10.6. The lowest BCUT2D eigenvalue weighted by atomic mass is 10.1. The van der Waals surface area contributed by atoms with Crippen LogP contribution in [0.2, 0.25) is 0 Å². The average molecular weight is 618 g/mol. The Balaban J connectivity index is 0.00000533. The first-order valence-electron chi connectivity index (χ1n) is 14.3. The third-order valence-electron chi connectivity index (χ3n) is 6.83. The second-order valence-corrected chi connectivity index (χ2v) is 10.7. The first-order chi connectivity index (χ1) is 18.7. The van der Waals surface area contributed by atoms with Gasteiger partial charge in [-0.15, -0.1) is 0 Å². The van der Waals surface area contributed by atoms with E-state index in [-0.39, 0.29) is 22.9 Å². The largest absolute Gasteiger partial charge is 1.00 e. The number of anilines is 1. The summed E-state index contributed by atoms with van der Waals surface area (Å²) in [5.41, 5.74) is 4.34. The predicted octanol–water partition coefficient (Wildman–Crippen LogP) is 5.43. The molecule has 0 fully saturated rings. The molecule has 0 aliphatic heterocycles. The number of hydrogen-bond donors (Lipinski definition) is 1. The quantitative estimate of drug-likeness (QED) is 0.144. The second-order valence-electron chi connectivity index (χ2n) is 9.91. The summed E-state index contributed by atoms with van der Waals surface area (Å²) < 4.78 is 13.6. The van der Waals surface area contributed by atoms with Gasteiger partial charge in [0.15, 0.2) is 12.7 Å². The maximum absolute atomic E-state index is 13.3. The fourth-order valence-corrected chi connectivity index (χ4v) is 5.19. The van der Waals surface area contributed by atoms with Crippen LogP contribution < -0.4 is 36.3 Å². The van der Waals surface area contributed by atoms with Gasteiger partial charge in [-0.2, -0.15) is 4.57 Å². The number of amides is 1. The van der Waals surface area contributed by atoms with Gasteiger partial charge in [0.05, 0.1) is 24.8 Å². The smallest absolute Gasteiger partial charge is 0.256 e. The topological polar surface area (TPSA) is 51.4 Å². The standard InChI is InChI=1S/C32H44N2O3S.BrH/c1-3-4-5-6-7-8-9-10-11-12-13-16-22-37-31-24-28(36-2)19-20-30(31)33-32(35)29-18-15-14-17-27(29)25-34-21-23-38-26-34;/h14-15,17-21,23-24,26H,3-13,16,22,25H2,1-2H3;1H. The van der Waals surface area contributed by atoms with Crippen molar-refractivity contribution in [3.63, 3.8) is 0 Å². The number of rotatable bonds is 19. The Bertz CT molecular complexity index is 1080. The van der Waals surface area contributed by atoms with Crippen molar-refractivity contribution in [2.75, 3.05) is 19.0 Å². The molecule has 0 aliphatic carbocycles. The SMILES string of the molecule is CCCCCCCCCCCCCCOc1cc(OC)ccc1NC(=O)c1ccccc1C[n+]1ccsc1.[Br-]. The van der Waals surface area contributed by atoms with E-state index in [4.69, 9.17) is 9.47 Å². The van der Waals surface area contributed by atoms with Gasteiger partial charge in [0.1, 0.15) is 11.5 Å². The Hall–Kier alpha value is -2.38. The third kappa shape index (κ3) is 12.1. The Morgan fingerprint density at radius 3 is 2.21 bits per heavy atom. The molecule has 2 aromatic carbocycles. The minimum atomic E-state index is -0.142. The van der Waals surface area contributed by atoms with Crippen LogP contribution in [0, 0.1) is 0 Å². The van der Waals surface area contributed by atoms with Crippen LogP contribution >= 0.6 is 11.3 Å². The minimum Gasteiger partial charge on any atom is -1.00 e. The number of carbonyl (C=O) groups excluding carboxylic acids is 1. The fourth-order valence-electron chi connectivity index (χ4n) is 4.60. The molecule has 0 aliphatic rings. The van der Waals surface area contributed by atoms with Crippen molar-refractivity contribution < 1.29 is 35.8 Å². The van der Waals surface area contributed by atoms with Gasteiger partial charge in [-0.25, -0.2) is 0 Å². The average Bonchev–Trinajstić information content (AvgIpc) is 3.45. The Morgan fingerprint density at radius 1 is 0.897 bits per heavy atom. The molecule has 0 radical (unpaired) electrons. The molecule has 1 heterocycles. The zero-order valence-electron chi connectivity index (χ0n) is 23.6. The predicted molar refractivity (Wildman–Crippen MR) is 158 cm³/mol. The number of benzene rings is 2. The van der Waals surface area contributed by atoms with E-state index in [9.17, 15) is 4.79 Å². The van der Waals surface area contributed by atoms with Crippen LogP contribution in [-0.4, -0.2) is 19.6 Å². The summed E-state index contributed by atoms with van der Waals surface area (Å²) in [5, 5.41) is 5.10. The fraction of sp³-hybridized carbons (Fsp3) is 0.500. The Labute approximate surface area is 249 Å². The van der Waals surface area contributed by atoms with E-state index in [1.807, 2.05) is 59.6 Å². The van der Waals surface area contributed by atoms with E-state index >= 15 is 0 Å². The van der Waals surface area contributed by atoms with E-state index in [1.54, 1.807) is 18.4 Å². The minimum absolute atomic E-state index is 0. The molecule has 3 rings (SSSR count). The van der Waals surface area contributed by atoms with Crippen LogP contribution in [0.4, 0.5) is 5.69 Å². The first kappa shape index (κ1) is 32.8. The van der Waals surface area contributed by atoms with Gasteiger partial charge in [0, 0.05) is 17.2 Å². The van der Waals surface area contributed by atoms with Crippen LogP contribution in [-0.2, 0) is 6.54 Å². The number of hydrogen-bond acceptors (Lipinski definition) is 4. The molecule has 7 heteroatoms. The molecule has 3 aromatic rings. The van der Waals surface area contributed by atoms with Crippen molar-refractivity contribution in [1.29, 1.82) is 0 Å². The summed E-state index contributed by atoms with van der Waals surface area (Å²) in [4.78, 5) is 13.3.